The maximum Gasteiger partial charge on any atom is 0.300 e. The first kappa shape index (κ1) is 20.1. The second-order valence-corrected chi connectivity index (χ2v) is 6.65. The highest BCUT2D eigenvalue weighted by molar-refractivity contribution is 6.05. The zero-order chi connectivity index (χ0) is 21.1. The van der Waals surface area contributed by atoms with Gasteiger partial charge in [-0.1, -0.05) is 18.2 Å². The summed E-state index contributed by atoms with van der Waals surface area (Å²) in [6, 6.07) is 13.5. The van der Waals surface area contributed by atoms with Crippen LogP contribution in [0.15, 0.2) is 48.5 Å². The molecule has 0 bridgehead atoms. The van der Waals surface area contributed by atoms with Crippen molar-refractivity contribution in [3.05, 3.63) is 74.3 Å². The third-order valence-electron chi connectivity index (χ3n) is 4.99. The van der Waals surface area contributed by atoms with Crippen molar-refractivity contribution < 1.29 is 9.85 Å². The van der Waals surface area contributed by atoms with E-state index < -0.39 is 9.85 Å². The number of nitrogens with one attached hydrogen (secondary N) is 1. The van der Waals surface area contributed by atoms with Gasteiger partial charge in [-0.25, -0.2) is 0 Å². The molecule has 0 spiro atoms. The van der Waals surface area contributed by atoms with Crippen molar-refractivity contribution in [2.75, 3.05) is 23.3 Å². The lowest BCUT2D eigenvalue weighted by Gasteiger charge is -2.22. The molecule has 0 saturated heterocycles. The zero-order valence-electron chi connectivity index (χ0n) is 16.5. The minimum atomic E-state index is -0.596. The average Bonchev–Trinajstić information content (AvgIpc) is 2.70. The lowest BCUT2D eigenvalue weighted by molar-refractivity contribution is -0.392. The van der Waals surface area contributed by atoms with Gasteiger partial charge in [0.05, 0.1) is 21.3 Å². The van der Waals surface area contributed by atoms with E-state index in [0.29, 0.717) is 16.5 Å². The van der Waals surface area contributed by atoms with Crippen LogP contribution in [0.3, 0.4) is 0 Å². The molecule has 0 unspecified atom stereocenters. The Bertz CT molecular complexity index is 1090. The number of hydrogen-bond donors (Lipinski definition) is 1. The van der Waals surface area contributed by atoms with Gasteiger partial charge < -0.3 is 10.2 Å². The predicted molar refractivity (Wildman–Crippen MR) is 115 cm³/mol. The Labute approximate surface area is 168 Å². The van der Waals surface area contributed by atoms with E-state index in [1.807, 2.05) is 25.1 Å². The average molecular weight is 394 g/mol. The van der Waals surface area contributed by atoms with E-state index in [4.69, 9.17) is 0 Å². The molecular formula is C21H22N4O4. The molecule has 0 radical (unpaired) electrons. The lowest BCUT2D eigenvalue weighted by Crippen LogP contribution is -2.21. The molecule has 3 aromatic carbocycles. The zero-order valence-corrected chi connectivity index (χ0v) is 16.5. The van der Waals surface area contributed by atoms with Gasteiger partial charge in [-0.2, -0.15) is 0 Å². The van der Waals surface area contributed by atoms with Crippen LogP contribution in [0.4, 0.5) is 28.4 Å². The molecular weight excluding hydrogens is 372 g/mol. The summed E-state index contributed by atoms with van der Waals surface area (Å²) in [5.41, 5.74) is 2.33. The van der Waals surface area contributed by atoms with Gasteiger partial charge in [0, 0.05) is 29.9 Å². The van der Waals surface area contributed by atoms with Crippen LogP contribution in [0.25, 0.3) is 10.8 Å². The number of non-ortho nitro benzene ring substituents is 1. The summed E-state index contributed by atoms with van der Waals surface area (Å²) in [7, 11) is 0. The topological polar surface area (TPSA) is 102 Å². The van der Waals surface area contributed by atoms with Gasteiger partial charge in [0.1, 0.15) is 5.69 Å². The lowest BCUT2D eigenvalue weighted by atomic mass is 10.0. The van der Waals surface area contributed by atoms with Crippen LogP contribution >= 0.6 is 0 Å². The summed E-state index contributed by atoms with van der Waals surface area (Å²) in [5.74, 6) is 0. The largest absolute Gasteiger partial charge is 0.372 e. The summed E-state index contributed by atoms with van der Waals surface area (Å²) in [6.45, 7) is 7.84. The van der Waals surface area contributed by atoms with E-state index >= 15 is 0 Å². The van der Waals surface area contributed by atoms with E-state index in [1.54, 1.807) is 24.3 Å². The van der Waals surface area contributed by atoms with Gasteiger partial charge in [0.15, 0.2) is 0 Å². The minimum Gasteiger partial charge on any atom is -0.372 e. The number of hydrogen-bond acceptors (Lipinski definition) is 6. The van der Waals surface area contributed by atoms with E-state index in [0.717, 1.165) is 30.4 Å². The van der Waals surface area contributed by atoms with Crippen molar-refractivity contribution in [1.82, 2.24) is 0 Å². The number of nitrogens with zero attached hydrogens (tertiary/aromatic N) is 3. The molecule has 8 heteroatoms. The maximum absolute atomic E-state index is 11.7. The van der Waals surface area contributed by atoms with Crippen molar-refractivity contribution >= 4 is 39.2 Å². The Balaban J connectivity index is 2.16. The first-order valence-electron chi connectivity index (χ1n) is 9.34. The molecule has 8 nitrogen and oxygen atoms in total. The Kier molecular flexibility index (Phi) is 5.63. The summed E-state index contributed by atoms with van der Waals surface area (Å²) in [6.07, 6.45) is 0. The highest BCUT2D eigenvalue weighted by Gasteiger charge is 2.25. The van der Waals surface area contributed by atoms with E-state index in [9.17, 15) is 20.2 Å². The monoisotopic (exact) mass is 394 g/mol. The van der Waals surface area contributed by atoms with Crippen LogP contribution in [0.2, 0.25) is 0 Å². The molecule has 1 N–H and O–H groups in total. The molecule has 29 heavy (non-hydrogen) atoms. The van der Waals surface area contributed by atoms with Gasteiger partial charge in [-0.3, -0.25) is 20.2 Å². The Hall–Kier alpha value is -3.68. The third-order valence-corrected chi connectivity index (χ3v) is 4.99. The molecule has 0 saturated carbocycles. The molecule has 0 fully saturated rings. The number of nitro groups is 2. The van der Waals surface area contributed by atoms with Crippen LogP contribution in [0, 0.1) is 27.2 Å². The maximum atomic E-state index is 11.7. The SMILES string of the molecule is CCN(CC)c1ccc(Nc2c([N+](=O)[O-])cc([N+](=O)[O-])c3ccccc23)c(C)c1. The summed E-state index contributed by atoms with van der Waals surface area (Å²) in [5, 5.41) is 27.0. The molecule has 0 aromatic heterocycles. The smallest absolute Gasteiger partial charge is 0.300 e. The fourth-order valence-corrected chi connectivity index (χ4v) is 3.48. The highest BCUT2D eigenvalue weighted by Crippen LogP contribution is 2.41. The number of aryl methyl sites for hydroxylation is 1. The number of fused-ring (bicyclic) bond motifs is 1. The predicted octanol–water partition coefficient (Wildman–Crippen LogP) is 5.55. The van der Waals surface area contributed by atoms with Crippen LogP contribution in [0.5, 0.6) is 0 Å². The molecule has 0 amide bonds. The number of rotatable bonds is 7. The summed E-state index contributed by atoms with van der Waals surface area (Å²) >= 11 is 0. The van der Waals surface area contributed by atoms with Gasteiger partial charge in [-0.15, -0.1) is 0 Å². The van der Waals surface area contributed by atoms with Gasteiger partial charge in [0.25, 0.3) is 11.4 Å². The van der Waals surface area contributed by atoms with Crippen LogP contribution < -0.4 is 10.2 Å². The van der Waals surface area contributed by atoms with Crippen molar-refractivity contribution in [2.45, 2.75) is 20.8 Å². The second-order valence-electron chi connectivity index (χ2n) is 6.65. The second kappa shape index (κ2) is 8.14. The number of benzene rings is 3. The first-order chi connectivity index (χ1) is 13.9. The van der Waals surface area contributed by atoms with Crippen LogP contribution in [-0.4, -0.2) is 22.9 Å². The van der Waals surface area contributed by atoms with Gasteiger partial charge >= 0.3 is 0 Å². The van der Waals surface area contributed by atoms with Crippen molar-refractivity contribution in [3.8, 4) is 0 Å². The van der Waals surface area contributed by atoms with Gasteiger partial charge in [0.2, 0.25) is 0 Å². The molecule has 3 rings (SSSR count). The Morgan fingerprint density at radius 2 is 1.52 bits per heavy atom. The van der Waals surface area contributed by atoms with Crippen LogP contribution in [-0.2, 0) is 0 Å². The molecule has 0 atom stereocenters. The van der Waals surface area contributed by atoms with Crippen molar-refractivity contribution in [2.24, 2.45) is 0 Å². The van der Waals surface area contributed by atoms with Gasteiger partial charge in [-0.05, 0) is 50.6 Å². The molecule has 0 aliphatic rings. The first-order valence-corrected chi connectivity index (χ1v) is 9.34. The third kappa shape index (κ3) is 3.82. The number of nitro benzene ring substituents is 2. The summed E-state index contributed by atoms with van der Waals surface area (Å²) < 4.78 is 0. The Morgan fingerprint density at radius 1 is 0.897 bits per heavy atom. The van der Waals surface area contributed by atoms with Crippen molar-refractivity contribution in [1.29, 1.82) is 0 Å². The number of anilines is 3. The fourth-order valence-electron chi connectivity index (χ4n) is 3.48. The van der Waals surface area contributed by atoms with E-state index in [2.05, 4.69) is 24.1 Å². The molecule has 3 aromatic rings. The molecule has 0 heterocycles. The normalized spacial score (nSPS) is 10.7. The molecule has 0 aliphatic heterocycles. The van der Waals surface area contributed by atoms with E-state index in [-0.39, 0.29) is 17.1 Å². The van der Waals surface area contributed by atoms with Crippen molar-refractivity contribution in [3.63, 3.8) is 0 Å². The fraction of sp³-hybridized carbons (Fsp3) is 0.238. The minimum absolute atomic E-state index is 0.245. The Morgan fingerprint density at radius 3 is 2.07 bits per heavy atom. The van der Waals surface area contributed by atoms with E-state index in [1.165, 1.54) is 0 Å². The summed E-state index contributed by atoms with van der Waals surface area (Å²) in [4.78, 5) is 24.1. The van der Waals surface area contributed by atoms with Crippen LogP contribution in [0.1, 0.15) is 19.4 Å². The molecule has 0 aliphatic carbocycles. The molecule has 150 valence electrons. The quantitative estimate of drug-likeness (QED) is 0.416. The standard InChI is InChI=1S/C21H22N4O4/c1-4-23(5-2)15-10-11-18(14(3)12-15)22-21-17-9-7-6-8-16(17)19(24(26)27)13-20(21)25(28)29/h6-13,22H,4-5H2,1-3H3. The highest BCUT2D eigenvalue weighted by atomic mass is 16.6.